The van der Waals surface area contributed by atoms with Gasteiger partial charge in [-0.3, -0.25) is 4.79 Å². The molecule has 0 amide bonds. The number of H-pyrrole nitrogens is 1. The summed E-state index contributed by atoms with van der Waals surface area (Å²) < 4.78 is 1.38. The Morgan fingerprint density at radius 3 is 3.13 bits per heavy atom. The zero-order valence-electron chi connectivity index (χ0n) is 7.31. The molecule has 2 aromatic heterocycles. The van der Waals surface area contributed by atoms with Gasteiger partial charge in [0.05, 0.1) is 11.0 Å². The molecule has 0 aliphatic carbocycles. The quantitative estimate of drug-likeness (QED) is 0.604. The molecule has 2 heterocycles. The number of aromatic amines is 1. The maximum atomic E-state index is 11.5. The second-order valence-corrected chi connectivity index (χ2v) is 3.47. The number of hydrogen-bond donors (Lipinski definition) is 1. The fourth-order valence-corrected chi connectivity index (χ4v) is 1.63. The SMILES string of the molecule is O=c1[nH]c2cc(Cl)ccc2n2nnnc12. The van der Waals surface area contributed by atoms with Crippen molar-refractivity contribution in [3.63, 3.8) is 0 Å². The van der Waals surface area contributed by atoms with E-state index >= 15 is 0 Å². The first kappa shape index (κ1) is 8.37. The minimum Gasteiger partial charge on any atom is -0.317 e. The van der Waals surface area contributed by atoms with Crippen LogP contribution in [0.15, 0.2) is 23.0 Å². The smallest absolute Gasteiger partial charge is 0.295 e. The Bertz CT molecular complexity index is 716. The van der Waals surface area contributed by atoms with E-state index in [9.17, 15) is 4.79 Å². The summed E-state index contributed by atoms with van der Waals surface area (Å²) >= 11 is 5.81. The number of aromatic nitrogens is 5. The molecule has 0 aliphatic heterocycles. The fraction of sp³-hybridized carbons (Fsp3) is 0. The first-order valence-corrected chi connectivity index (χ1v) is 4.53. The zero-order chi connectivity index (χ0) is 10.4. The van der Waals surface area contributed by atoms with E-state index in [1.807, 2.05) is 0 Å². The largest absolute Gasteiger partial charge is 0.317 e. The molecule has 15 heavy (non-hydrogen) atoms. The van der Waals surface area contributed by atoms with Gasteiger partial charge in [-0.15, -0.1) is 5.10 Å². The van der Waals surface area contributed by atoms with Crippen molar-refractivity contribution in [2.24, 2.45) is 0 Å². The van der Waals surface area contributed by atoms with Crippen LogP contribution in [0.4, 0.5) is 0 Å². The molecule has 7 heteroatoms. The number of hydrogen-bond acceptors (Lipinski definition) is 4. The molecular formula is C8H4ClN5O. The van der Waals surface area contributed by atoms with Gasteiger partial charge in [0.2, 0.25) is 5.65 Å². The van der Waals surface area contributed by atoms with Crippen molar-refractivity contribution in [1.82, 2.24) is 25.0 Å². The summed E-state index contributed by atoms with van der Waals surface area (Å²) in [6.07, 6.45) is 0. The molecule has 1 N–H and O–H groups in total. The summed E-state index contributed by atoms with van der Waals surface area (Å²) in [6.45, 7) is 0. The highest BCUT2D eigenvalue weighted by Gasteiger charge is 2.07. The minimum atomic E-state index is -0.338. The number of nitrogens with one attached hydrogen (secondary N) is 1. The van der Waals surface area contributed by atoms with Crippen LogP contribution in [0.1, 0.15) is 0 Å². The Morgan fingerprint density at radius 2 is 2.27 bits per heavy atom. The average Bonchev–Trinajstić information content (AvgIpc) is 2.66. The lowest BCUT2D eigenvalue weighted by atomic mass is 10.3. The van der Waals surface area contributed by atoms with Gasteiger partial charge in [0.25, 0.3) is 5.56 Å². The molecule has 3 rings (SSSR count). The van der Waals surface area contributed by atoms with E-state index in [0.717, 1.165) is 0 Å². The maximum absolute atomic E-state index is 11.5. The Kier molecular flexibility index (Phi) is 1.54. The van der Waals surface area contributed by atoms with E-state index in [0.29, 0.717) is 16.1 Å². The van der Waals surface area contributed by atoms with Crippen molar-refractivity contribution in [1.29, 1.82) is 0 Å². The highest BCUT2D eigenvalue weighted by Crippen LogP contribution is 2.15. The summed E-state index contributed by atoms with van der Waals surface area (Å²) in [6, 6.07) is 5.11. The molecule has 0 radical (unpaired) electrons. The first-order valence-electron chi connectivity index (χ1n) is 4.15. The molecule has 0 aliphatic rings. The molecule has 74 valence electrons. The van der Waals surface area contributed by atoms with Crippen LogP contribution in [-0.2, 0) is 0 Å². The van der Waals surface area contributed by atoms with Crippen LogP contribution in [0, 0.1) is 0 Å². The van der Waals surface area contributed by atoms with Crippen LogP contribution in [0.3, 0.4) is 0 Å². The number of nitrogens with zero attached hydrogens (tertiary/aromatic N) is 4. The number of halogens is 1. The number of benzene rings is 1. The van der Waals surface area contributed by atoms with Gasteiger partial charge < -0.3 is 4.98 Å². The molecule has 0 atom stereocenters. The monoisotopic (exact) mass is 221 g/mol. The normalized spacial score (nSPS) is 11.3. The third-order valence-electron chi connectivity index (χ3n) is 2.11. The molecule has 0 saturated heterocycles. The molecule has 3 aromatic rings. The lowest BCUT2D eigenvalue weighted by Gasteiger charge is -1.99. The summed E-state index contributed by atoms with van der Waals surface area (Å²) in [5.74, 6) is 0. The topological polar surface area (TPSA) is 75.9 Å². The summed E-state index contributed by atoms with van der Waals surface area (Å²) in [7, 11) is 0. The molecule has 0 unspecified atom stereocenters. The van der Waals surface area contributed by atoms with Gasteiger partial charge >= 0.3 is 0 Å². The summed E-state index contributed by atoms with van der Waals surface area (Å²) in [5, 5.41) is 11.3. The number of tetrazole rings is 1. The van der Waals surface area contributed by atoms with Crippen molar-refractivity contribution in [2.75, 3.05) is 0 Å². The highest BCUT2D eigenvalue weighted by molar-refractivity contribution is 6.31. The zero-order valence-corrected chi connectivity index (χ0v) is 8.06. The summed E-state index contributed by atoms with van der Waals surface area (Å²) in [4.78, 5) is 14.2. The van der Waals surface area contributed by atoms with Crippen LogP contribution >= 0.6 is 11.6 Å². The van der Waals surface area contributed by atoms with Gasteiger partial charge in [-0.05, 0) is 28.6 Å². The van der Waals surface area contributed by atoms with Crippen molar-refractivity contribution >= 4 is 28.3 Å². The van der Waals surface area contributed by atoms with Crippen LogP contribution in [0.5, 0.6) is 0 Å². The van der Waals surface area contributed by atoms with E-state index in [1.165, 1.54) is 4.52 Å². The van der Waals surface area contributed by atoms with Crippen LogP contribution < -0.4 is 5.56 Å². The lowest BCUT2D eigenvalue weighted by Crippen LogP contribution is -2.11. The van der Waals surface area contributed by atoms with Crippen molar-refractivity contribution in [3.05, 3.63) is 33.6 Å². The van der Waals surface area contributed by atoms with Gasteiger partial charge in [-0.25, -0.2) is 0 Å². The van der Waals surface area contributed by atoms with E-state index in [4.69, 9.17) is 11.6 Å². The summed E-state index contributed by atoms with van der Waals surface area (Å²) in [5.41, 5.74) is 1.14. The van der Waals surface area contributed by atoms with Crippen molar-refractivity contribution in [3.8, 4) is 0 Å². The first-order chi connectivity index (χ1) is 7.25. The average molecular weight is 222 g/mol. The van der Waals surface area contributed by atoms with Gasteiger partial charge in [0.1, 0.15) is 0 Å². The van der Waals surface area contributed by atoms with Crippen LogP contribution in [-0.4, -0.2) is 25.0 Å². The Labute approximate surface area is 87.5 Å². The van der Waals surface area contributed by atoms with E-state index in [2.05, 4.69) is 20.5 Å². The molecule has 0 bridgehead atoms. The molecule has 0 spiro atoms. The second kappa shape index (κ2) is 2.77. The molecule has 6 nitrogen and oxygen atoms in total. The van der Waals surface area contributed by atoms with E-state index in [1.54, 1.807) is 18.2 Å². The maximum Gasteiger partial charge on any atom is 0.295 e. The number of rotatable bonds is 0. The van der Waals surface area contributed by atoms with Crippen LogP contribution in [0.2, 0.25) is 5.02 Å². The predicted octanol–water partition coefficient (Wildman–Crippen LogP) is 0.619. The lowest BCUT2D eigenvalue weighted by molar-refractivity contribution is 0.840. The fourth-order valence-electron chi connectivity index (χ4n) is 1.46. The molecule has 0 fully saturated rings. The highest BCUT2D eigenvalue weighted by atomic mass is 35.5. The molecule has 0 saturated carbocycles. The third kappa shape index (κ3) is 1.11. The van der Waals surface area contributed by atoms with E-state index < -0.39 is 0 Å². The van der Waals surface area contributed by atoms with Crippen molar-refractivity contribution in [2.45, 2.75) is 0 Å². The Morgan fingerprint density at radius 1 is 1.40 bits per heavy atom. The van der Waals surface area contributed by atoms with Gasteiger partial charge in [0.15, 0.2) is 0 Å². The number of fused-ring (bicyclic) bond motifs is 3. The third-order valence-corrected chi connectivity index (χ3v) is 2.34. The minimum absolute atomic E-state index is 0.171. The Hall–Kier alpha value is -1.95. The van der Waals surface area contributed by atoms with Crippen molar-refractivity contribution < 1.29 is 0 Å². The van der Waals surface area contributed by atoms with Gasteiger partial charge in [0, 0.05) is 5.02 Å². The molecular weight excluding hydrogens is 218 g/mol. The van der Waals surface area contributed by atoms with Gasteiger partial charge in [-0.1, -0.05) is 11.6 Å². The second-order valence-electron chi connectivity index (χ2n) is 3.03. The molecule has 1 aromatic carbocycles. The van der Waals surface area contributed by atoms with Gasteiger partial charge in [-0.2, -0.15) is 4.52 Å². The Balaban J connectivity index is 2.66. The predicted molar refractivity (Wildman–Crippen MR) is 53.9 cm³/mol. The standard InChI is InChI=1S/C8H4ClN5O/c9-4-1-2-6-5(3-4)10-8(15)7-11-12-13-14(6)7/h1-3H,(H,10,15). The van der Waals surface area contributed by atoms with E-state index in [-0.39, 0.29) is 11.2 Å². The van der Waals surface area contributed by atoms with Crippen LogP contribution in [0.25, 0.3) is 16.7 Å².